The summed E-state index contributed by atoms with van der Waals surface area (Å²) in [5.41, 5.74) is 2.12. The zero-order valence-corrected chi connectivity index (χ0v) is 14.6. The molecule has 1 heterocycles. The predicted molar refractivity (Wildman–Crippen MR) is 91.4 cm³/mol. The number of benzene rings is 2. The minimum Gasteiger partial charge on any atom is -0.496 e. The Hall–Kier alpha value is -2.27. The van der Waals surface area contributed by atoms with Crippen LogP contribution in [0, 0.1) is 6.92 Å². The standard InChI is InChI=1S/C18H15BrO4/c1-10-14(21-2)7-5-13-17(20)16(23-18(10)13)9-11-8-12(19)4-6-15(11)22-3/h4-9H,1-3H3/b16-9-. The minimum atomic E-state index is -0.146. The van der Waals surface area contributed by atoms with E-state index in [9.17, 15) is 4.79 Å². The molecule has 0 unspecified atom stereocenters. The molecule has 0 atom stereocenters. The van der Waals surface area contributed by atoms with Gasteiger partial charge in [-0.3, -0.25) is 4.79 Å². The Morgan fingerprint density at radius 1 is 1.09 bits per heavy atom. The van der Waals surface area contributed by atoms with Crippen LogP contribution in [-0.2, 0) is 0 Å². The molecular formula is C18H15BrO4. The summed E-state index contributed by atoms with van der Waals surface area (Å²) in [7, 11) is 3.18. The largest absolute Gasteiger partial charge is 0.496 e. The Bertz CT molecular complexity index is 824. The Morgan fingerprint density at radius 2 is 1.78 bits per heavy atom. The normalized spacial score (nSPS) is 14.6. The van der Waals surface area contributed by atoms with Gasteiger partial charge in [-0.05, 0) is 43.3 Å². The van der Waals surface area contributed by atoms with Crippen LogP contribution in [0.5, 0.6) is 17.2 Å². The molecule has 3 rings (SSSR count). The second kappa shape index (κ2) is 6.08. The molecule has 118 valence electrons. The molecule has 4 nitrogen and oxygen atoms in total. The van der Waals surface area contributed by atoms with Crippen molar-refractivity contribution in [2.45, 2.75) is 6.92 Å². The number of rotatable bonds is 3. The van der Waals surface area contributed by atoms with E-state index < -0.39 is 0 Å². The molecule has 0 saturated heterocycles. The molecule has 0 N–H and O–H groups in total. The van der Waals surface area contributed by atoms with E-state index in [4.69, 9.17) is 14.2 Å². The fourth-order valence-electron chi connectivity index (χ4n) is 2.55. The fraction of sp³-hybridized carbons (Fsp3) is 0.167. The van der Waals surface area contributed by atoms with Gasteiger partial charge in [-0.2, -0.15) is 0 Å². The van der Waals surface area contributed by atoms with Crippen LogP contribution < -0.4 is 14.2 Å². The number of methoxy groups -OCH3 is 2. The highest BCUT2D eigenvalue weighted by atomic mass is 79.9. The van der Waals surface area contributed by atoms with Gasteiger partial charge < -0.3 is 14.2 Å². The molecule has 2 aromatic rings. The number of allylic oxidation sites excluding steroid dienone is 1. The summed E-state index contributed by atoms with van der Waals surface area (Å²) in [5.74, 6) is 2.04. The first-order valence-corrected chi connectivity index (χ1v) is 7.80. The first-order valence-electron chi connectivity index (χ1n) is 7.00. The maximum atomic E-state index is 12.6. The monoisotopic (exact) mass is 374 g/mol. The van der Waals surface area contributed by atoms with Crippen molar-refractivity contribution >= 4 is 27.8 Å². The molecule has 5 heteroatoms. The lowest BCUT2D eigenvalue weighted by Gasteiger charge is -2.08. The third-order valence-corrected chi connectivity index (χ3v) is 4.23. The topological polar surface area (TPSA) is 44.8 Å². The highest BCUT2D eigenvalue weighted by Crippen LogP contribution is 2.39. The number of carbonyl (C=O) groups is 1. The Morgan fingerprint density at radius 3 is 2.48 bits per heavy atom. The van der Waals surface area contributed by atoms with Crippen LogP contribution in [0.1, 0.15) is 21.5 Å². The third-order valence-electron chi connectivity index (χ3n) is 3.73. The third kappa shape index (κ3) is 2.72. The molecule has 0 bridgehead atoms. The van der Waals surface area contributed by atoms with Crippen LogP contribution in [0.15, 0.2) is 40.6 Å². The van der Waals surface area contributed by atoms with Crippen molar-refractivity contribution in [3.05, 3.63) is 57.3 Å². The summed E-state index contributed by atoms with van der Waals surface area (Å²) in [5, 5.41) is 0. The molecule has 0 amide bonds. The number of carbonyl (C=O) groups excluding carboxylic acids is 1. The zero-order chi connectivity index (χ0) is 16.6. The van der Waals surface area contributed by atoms with Gasteiger partial charge in [-0.1, -0.05) is 15.9 Å². The minimum absolute atomic E-state index is 0.146. The smallest absolute Gasteiger partial charge is 0.231 e. The molecule has 0 radical (unpaired) electrons. The van der Waals surface area contributed by atoms with Crippen molar-refractivity contribution in [1.82, 2.24) is 0 Å². The number of ether oxygens (including phenoxy) is 3. The van der Waals surface area contributed by atoms with Crippen LogP contribution in [0.2, 0.25) is 0 Å². The highest BCUT2D eigenvalue weighted by molar-refractivity contribution is 9.10. The molecule has 0 aliphatic carbocycles. The zero-order valence-electron chi connectivity index (χ0n) is 13.0. The van der Waals surface area contributed by atoms with Gasteiger partial charge in [0, 0.05) is 15.6 Å². The van der Waals surface area contributed by atoms with Gasteiger partial charge >= 0.3 is 0 Å². The van der Waals surface area contributed by atoms with Gasteiger partial charge in [-0.25, -0.2) is 0 Å². The van der Waals surface area contributed by atoms with Crippen molar-refractivity contribution in [3.63, 3.8) is 0 Å². The maximum Gasteiger partial charge on any atom is 0.231 e. The second-order valence-corrected chi connectivity index (χ2v) is 6.01. The molecule has 0 spiro atoms. The van der Waals surface area contributed by atoms with Crippen molar-refractivity contribution in [1.29, 1.82) is 0 Å². The van der Waals surface area contributed by atoms with Crippen molar-refractivity contribution in [3.8, 4) is 17.2 Å². The van der Waals surface area contributed by atoms with E-state index in [2.05, 4.69) is 15.9 Å². The quantitative estimate of drug-likeness (QED) is 0.747. The van der Waals surface area contributed by atoms with E-state index in [1.54, 1.807) is 32.4 Å². The Balaban J connectivity index is 2.05. The SMILES string of the molecule is COc1ccc(Br)cc1/C=C1\Oc2c(ccc(OC)c2C)C1=O. The van der Waals surface area contributed by atoms with Gasteiger partial charge in [0.05, 0.1) is 19.8 Å². The van der Waals surface area contributed by atoms with E-state index in [0.29, 0.717) is 22.8 Å². The summed E-state index contributed by atoms with van der Waals surface area (Å²) in [6.45, 7) is 1.87. The first kappa shape index (κ1) is 15.6. The van der Waals surface area contributed by atoms with Crippen LogP contribution in [0.4, 0.5) is 0 Å². The number of hydrogen-bond donors (Lipinski definition) is 0. The molecule has 2 aromatic carbocycles. The highest BCUT2D eigenvalue weighted by Gasteiger charge is 2.30. The Kier molecular flexibility index (Phi) is 4.13. The summed E-state index contributed by atoms with van der Waals surface area (Å²) < 4.78 is 17.3. The number of fused-ring (bicyclic) bond motifs is 1. The van der Waals surface area contributed by atoms with Crippen LogP contribution in [0.3, 0.4) is 0 Å². The molecule has 0 fully saturated rings. The van der Waals surface area contributed by atoms with Crippen LogP contribution in [0.25, 0.3) is 6.08 Å². The molecule has 1 aliphatic heterocycles. The average molecular weight is 375 g/mol. The van der Waals surface area contributed by atoms with Crippen molar-refractivity contribution < 1.29 is 19.0 Å². The van der Waals surface area contributed by atoms with Gasteiger partial charge in [0.2, 0.25) is 5.78 Å². The second-order valence-electron chi connectivity index (χ2n) is 5.10. The number of halogens is 1. The van der Waals surface area contributed by atoms with Gasteiger partial charge in [0.15, 0.2) is 5.76 Å². The van der Waals surface area contributed by atoms with E-state index in [1.165, 1.54) is 0 Å². The number of Topliss-reactive ketones (excluding diaryl/α,β-unsaturated/α-hetero) is 1. The molecule has 23 heavy (non-hydrogen) atoms. The van der Waals surface area contributed by atoms with Gasteiger partial charge in [0.25, 0.3) is 0 Å². The lowest BCUT2D eigenvalue weighted by atomic mass is 10.1. The fourth-order valence-corrected chi connectivity index (χ4v) is 2.93. The maximum absolute atomic E-state index is 12.6. The summed E-state index contributed by atoms with van der Waals surface area (Å²) in [6.07, 6.45) is 1.69. The first-order chi connectivity index (χ1) is 11.0. The molecule has 0 saturated carbocycles. The lowest BCUT2D eigenvalue weighted by Crippen LogP contribution is -1.98. The van der Waals surface area contributed by atoms with E-state index in [0.717, 1.165) is 15.6 Å². The lowest BCUT2D eigenvalue weighted by molar-refractivity contribution is 0.101. The molecular weight excluding hydrogens is 360 g/mol. The Labute approximate surface area is 142 Å². The van der Waals surface area contributed by atoms with Crippen LogP contribution >= 0.6 is 15.9 Å². The van der Waals surface area contributed by atoms with E-state index in [1.807, 2.05) is 25.1 Å². The van der Waals surface area contributed by atoms with Gasteiger partial charge in [0.1, 0.15) is 17.2 Å². The van der Waals surface area contributed by atoms with Crippen LogP contribution in [-0.4, -0.2) is 20.0 Å². The summed E-state index contributed by atoms with van der Waals surface area (Å²) in [6, 6.07) is 9.08. The van der Waals surface area contributed by atoms with E-state index in [-0.39, 0.29) is 11.5 Å². The summed E-state index contributed by atoms with van der Waals surface area (Å²) >= 11 is 3.42. The number of hydrogen-bond acceptors (Lipinski definition) is 4. The predicted octanol–water partition coefficient (Wildman–Crippen LogP) is 4.39. The van der Waals surface area contributed by atoms with Gasteiger partial charge in [-0.15, -0.1) is 0 Å². The molecule has 1 aliphatic rings. The average Bonchev–Trinajstić information content (AvgIpc) is 2.86. The summed E-state index contributed by atoms with van der Waals surface area (Å²) in [4.78, 5) is 12.6. The van der Waals surface area contributed by atoms with E-state index >= 15 is 0 Å². The molecule has 0 aromatic heterocycles. The number of ketones is 1. The van der Waals surface area contributed by atoms with Crippen molar-refractivity contribution in [2.24, 2.45) is 0 Å². The van der Waals surface area contributed by atoms with Crippen molar-refractivity contribution in [2.75, 3.05) is 14.2 Å².